The Hall–Kier alpha value is -1.75. The van der Waals surface area contributed by atoms with E-state index in [9.17, 15) is 4.79 Å². The summed E-state index contributed by atoms with van der Waals surface area (Å²) in [6.45, 7) is 3.86. The van der Waals surface area contributed by atoms with E-state index in [1.54, 1.807) is 0 Å². The number of carboxylic acid groups (broad SMARTS) is 1. The Labute approximate surface area is 126 Å². The third-order valence-electron chi connectivity index (χ3n) is 2.90. The molecule has 1 heterocycles. The monoisotopic (exact) mass is 334 g/mol. The first-order valence-corrected chi connectivity index (χ1v) is 7.10. The van der Waals surface area contributed by atoms with Crippen LogP contribution < -0.4 is 0 Å². The fourth-order valence-electron chi connectivity index (χ4n) is 1.95. The Morgan fingerprint density at radius 3 is 2.75 bits per heavy atom. The van der Waals surface area contributed by atoms with Crippen molar-refractivity contribution < 1.29 is 9.90 Å². The molecule has 0 saturated carbocycles. The number of aromatic nitrogens is 2. The van der Waals surface area contributed by atoms with Crippen molar-refractivity contribution in [3.8, 4) is 0 Å². The summed E-state index contributed by atoms with van der Waals surface area (Å²) in [6, 6.07) is 7.91. The van der Waals surface area contributed by atoms with Gasteiger partial charge in [0.2, 0.25) is 0 Å². The van der Waals surface area contributed by atoms with Gasteiger partial charge >= 0.3 is 5.97 Å². The summed E-state index contributed by atoms with van der Waals surface area (Å²) in [5, 5.41) is 9.15. The number of nitrogens with zero attached hydrogens (tertiary/aromatic N) is 2. The summed E-state index contributed by atoms with van der Waals surface area (Å²) in [6.07, 6.45) is 1.98. The molecule has 0 aliphatic heterocycles. The molecule has 0 atom stereocenters. The van der Waals surface area contributed by atoms with Crippen molar-refractivity contribution in [1.82, 2.24) is 9.97 Å². The lowest BCUT2D eigenvalue weighted by atomic mass is 10.0. The highest BCUT2D eigenvalue weighted by atomic mass is 79.9. The molecule has 0 saturated heterocycles. The Bertz CT molecular complexity index is 642. The summed E-state index contributed by atoms with van der Waals surface area (Å²) in [7, 11) is 0. The maximum Gasteiger partial charge on any atom is 0.339 e. The molecule has 0 fully saturated rings. The second-order valence-electron chi connectivity index (χ2n) is 4.85. The van der Waals surface area contributed by atoms with Crippen LogP contribution in [0.15, 0.2) is 34.9 Å². The molecule has 0 aliphatic rings. The molecule has 4 nitrogen and oxygen atoms in total. The van der Waals surface area contributed by atoms with E-state index in [0.717, 1.165) is 10.0 Å². The highest BCUT2D eigenvalue weighted by Gasteiger charge is 2.16. The molecule has 2 aromatic rings. The van der Waals surface area contributed by atoms with Crippen LogP contribution in [0.2, 0.25) is 0 Å². The predicted molar refractivity (Wildman–Crippen MR) is 80.0 cm³/mol. The lowest BCUT2D eigenvalue weighted by molar-refractivity contribution is 0.0694. The fraction of sp³-hybridized carbons (Fsp3) is 0.267. The van der Waals surface area contributed by atoms with Crippen LogP contribution in [0.25, 0.3) is 0 Å². The van der Waals surface area contributed by atoms with Crippen molar-refractivity contribution in [3.05, 3.63) is 57.6 Å². The summed E-state index contributed by atoms with van der Waals surface area (Å²) in [5.41, 5.74) is 1.84. The Balaban J connectivity index is 2.34. The van der Waals surface area contributed by atoms with Crippen LogP contribution in [-0.2, 0) is 6.42 Å². The van der Waals surface area contributed by atoms with Crippen molar-refractivity contribution in [2.24, 2.45) is 0 Å². The number of halogens is 1. The number of hydrogen-bond acceptors (Lipinski definition) is 3. The third kappa shape index (κ3) is 3.42. The van der Waals surface area contributed by atoms with Crippen LogP contribution >= 0.6 is 15.9 Å². The zero-order valence-electron chi connectivity index (χ0n) is 11.3. The molecule has 0 spiro atoms. The minimum Gasteiger partial charge on any atom is -0.478 e. The smallest absolute Gasteiger partial charge is 0.339 e. The molecular formula is C15H15BrN2O2. The molecule has 20 heavy (non-hydrogen) atoms. The lowest BCUT2D eigenvalue weighted by Crippen LogP contribution is -2.10. The van der Waals surface area contributed by atoms with Crippen molar-refractivity contribution in [3.63, 3.8) is 0 Å². The van der Waals surface area contributed by atoms with Crippen LogP contribution in [0.3, 0.4) is 0 Å². The van der Waals surface area contributed by atoms with Crippen molar-refractivity contribution in [2.45, 2.75) is 26.2 Å². The van der Waals surface area contributed by atoms with Gasteiger partial charge in [-0.3, -0.25) is 0 Å². The molecule has 0 bridgehead atoms. The average molecular weight is 335 g/mol. The molecular weight excluding hydrogens is 320 g/mol. The quantitative estimate of drug-likeness (QED) is 0.926. The maximum atomic E-state index is 11.2. The number of rotatable bonds is 4. The summed E-state index contributed by atoms with van der Waals surface area (Å²) in [5.74, 6) is -0.301. The molecule has 0 radical (unpaired) electrons. The van der Waals surface area contributed by atoms with E-state index in [-0.39, 0.29) is 11.5 Å². The number of benzene rings is 1. The van der Waals surface area contributed by atoms with Crippen LogP contribution in [0.5, 0.6) is 0 Å². The van der Waals surface area contributed by atoms with Crippen LogP contribution in [-0.4, -0.2) is 21.0 Å². The molecule has 104 valence electrons. The van der Waals surface area contributed by atoms with E-state index in [0.29, 0.717) is 17.9 Å². The SMILES string of the molecule is CC(C)c1nc(Cc2cccc(Br)c2)ncc1C(=O)O. The number of aromatic carboxylic acids is 1. The van der Waals surface area contributed by atoms with Gasteiger partial charge in [0.15, 0.2) is 0 Å². The molecule has 2 rings (SSSR count). The number of carbonyl (C=O) groups is 1. The van der Waals surface area contributed by atoms with Gasteiger partial charge in [-0.05, 0) is 23.6 Å². The molecule has 1 aromatic carbocycles. The molecule has 0 amide bonds. The number of carboxylic acids is 1. The van der Waals surface area contributed by atoms with E-state index < -0.39 is 5.97 Å². The zero-order chi connectivity index (χ0) is 14.7. The maximum absolute atomic E-state index is 11.2. The standard InChI is InChI=1S/C15H15BrN2O2/c1-9(2)14-12(15(19)20)8-17-13(18-14)7-10-4-3-5-11(16)6-10/h3-6,8-9H,7H2,1-2H3,(H,19,20). The van der Waals surface area contributed by atoms with E-state index in [4.69, 9.17) is 5.11 Å². The predicted octanol–water partition coefficient (Wildman–Crippen LogP) is 3.65. The summed E-state index contributed by atoms with van der Waals surface area (Å²) in [4.78, 5) is 19.7. The largest absolute Gasteiger partial charge is 0.478 e. The van der Waals surface area contributed by atoms with Gasteiger partial charge in [-0.2, -0.15) is 0 Å². The first kappa shape index (κ1) is 14.7. The van der Waals surface area contributed by atoms with Gasteiger partial charge in [-0.25, -0.2) is 14.8 Å². The van der Waals surface area contributed by atoms with Gasteiger partial charge in [0.05, 0.1) is 11.3 Å². The van der Waals surface area contributed by atoms with Crippen LogP contribution in [0, 0.1) is 0 Å². The Morgan fingerprint density at radius 2 is 2.15 bits per heavy atom. The van der Waals surface area contributed by atoms with E-state index >= 15 is 0 Å². The Kier molecular flexibility index (Phi) is 4.49. The van der Waals surface area contributed by atoms with Gasteiger partial charge in [0.1, 0.15) is 5.82 Å². The van der Waals surface area contributed by atoms with Crippen molar-refractivity contribution in [2.75, 3.05) is 0 Å². The van der Waals surface area contributed by atoms with Crippen LogP contribution in [0.1, 0.15) is 47.2 Å². The third-order valence-corrected chi connectivity index (χ3v) is 3.39. The van der Waals surface area contributed by atoms with Crippen molar-refractivity contribution >= 4 is 21.9 Å². The average Bonchev–Trinajstić information content (AvgIpc) is 2.38. The van der Waals surface area contributed by atoms with Gasteiger partial charge in [0.25, 0.3) is 0 Å². The molecule has 0 unspecified atom stereocenters. The van der Waals surface area contributed by atoms with Crippen LogP contribution in [0.4, 0.5) is 0 Å². The van der Waals surface area contributed by atoms with Gasteiger partial charge < -0.3 is 5.11 Å². The lowest BCUT2D eigenvalue weighted by Gasteiger charge is -2.10. The van der Waals surface area contributed by atoms with E-state index in [1.165, 1.54) is 6.20 Å². The second kappa shape index (κ2) is 6.13. The minimum absolute atomic E-state index is 0.0466. The van der Waals surface area contributed by atoms with E-state index in [2.05, 4.69) is 25.9 Å². The first-order valence-electron chi connectivity index (χ1n) is 6.31. The summed E-state index contributed by atoms with van der Waals surface area (Å²) < 4.78 is 1.00. The number of hydrogen-bond donors (Lipinski definition) is 1. The minimum atomic E-state index is -0.984. The van der Waals surface area contributed by atoms with Gasteiger partial charge in [-0.1, -0.05) is 41.9 Å². The topological polar surface area (TPSA) is 63.1 Å². The summed E-state index contributed by atoms with van der Waals surface area (Å²) >= 11 is 3.43. The fourth-order valence-corrected chi connectivity index (χ4v) is 2.40. The van der Waals surface area contributed by atoms with Crippen molar-refractivity contribution in [1.29, 1.82) is 0 Å². The highest BCUT2D eigenvalue weighted by Crippen LogP contribution is 2.19. The van der Waals surface area contributed by atoms with Gasteiger partial charge in [0, 0.05) is 17.1 Å². The van der Waals surface area contributed by atoms with E-state index in [1.807, 2.05) is 38.1 Å². The first-order chi connectivity index (χ1) is 9.47. The zero-order valence-corrected chi connectivity index (χ0v) is 12.9. The molecule has 0 aliphatic carbocycles. The highest BCUT2D eigenvalue weighted by molar-refractivity contribution is 9.10. The molecule has 5 heteroatoms. The Morgan fingerprint density at radius 1 is 1.40 bits per heavy atom. The normalized spacial score (nSPS) is 10.8. The molecule has 1 aromatic heterocycles. The second-order valence-corrected chi connectivity index (χ2v) is 5.77. The molecule has 1 N–H and O–H groups in total. The van der Waals surface area contributed by atoms with Gasteiger partial charge in [-0.15, -0.1) is 0 Å².